The fraction of sp³-hybridized carbons (Fsp3) is 0.425. The SMILES string of the molecule is CC1c2cccc3cccc(c23)C1C.CCC(C)(C)C(=O)OCOC1Cc2ccccc2C1.CCC(C)c1ccc(O)cc1. The van der Waals surface area contributed by atoms with E-state index in [2.05, 4.69) is 76.2 Å². The molecule has 0 saturated heterocycles. The van der Waals surface area contributed by atoms with Gasteiger partial charge in [-0.15, -0.1) is 0 Å². The number of phenols is 1. The number of hydrogen-bond acceptors (Lipinski definition) is 4. The first kappa shape index (κ1) is 33.3. The van der Waals surface area contributed by atoms with Crippen molar-refractivity contribution in [2.75, 3.05) is 6.79 Å². The number of ether oxygens (including phenoxy) is 2. The Kier molecular flexibility index (Phi) is 11.3. The van der Waals surface area contributed by atoms with Gasteiger partial charge in [-0.05, 0) is 108 Å². The van der Waals surface area contributed by atoms with Crippen LogP contribution in [0.1, 0.15) is 107 Å². The molecule has 4 aromatic rings. The molecule has 234 valence electrons. The highest BCUT2D eigenvalue weighted by molar-refractivity contribution is 5.92. The largest absolute Gasteiger partial charge is 0.508 e. The van der Waals surface area contributed by atoms with E-state index in [0.717, 1.165) is 25.7 Å². The molecule has 4 aromatic carbocycles. The summed E-state index contributed by atoms with van der Waals surface area (Å²) in [5.41, 5.74) is 6.61. The summed E-state index contributed by atoms with van der Waals surface area (Å²) in [6.07, 6.45) is 3.86. The quantitative estimate of drug-likeness (QED) is 0.171. The van der Waals surface area contributed by atoms with Crippen molar-refractivity contribution in [2.45, 2.75) is 98.0 Å². The molecule has 0 aromatic heterocycles. The predicted octanol–water partition coefficient (Wildman–Crippen LogP) is 10.1. The van der Waals surface area contributed by atoms with Crippen molar-refractivity contribution in [1.82, 2.24) is 0 Å². The molecule has 1 N–H and O–H groups in total. The molecule has 2 aliphatic carbocycles. The molecule has 0 spiro atoms. The molecule has 44 heavy (non-hydrogen) atoms. The molecule has 0 aliphatic heterocycles. The van der Waals surface area contributed by atoms with Crippen LogP contribution < -0.4 is 0 Å². The maximum atomic E-state index is 11.8. The monoisotopic (exact) mass is 594 g/mol. The number of carbonyl (C=O) groups excluding carboxylic acids is 1. The van der Waals surface area contributed by atoms with Gasteiger partial charge >= 0.3 is 5.97 Å². The van der Waals surface area contributed by atoms with Gasteiger partial charge in [-0.3, -0.25) is 4.79 Å². The van der Waals surface area contributed by atoms with Crippen molar-refractivity contribution >= 4 is 16.7 Å². The summed E-state index contributed by atoms with van der Waals surface area (Å²) in [4.78, 5) is 11.8. The number of rotatable bonds is 7. The molecule has 3 atom stereocenters. The third kappa shape index (κ3) is 7.90. The van der Waals surface area contributed by atoms with E-state index in [9.17, 15) is 4.79 Å². The van der Waals surface area contributed by atoms with E-state index < -0.39 is 5.41 Å². The van der Waals surface area contributed by atoms with Crippen molar-refractivity contribution in [3.05, 3.63) is 113 Å². The molecule has 4 nitrogen and oxygen atoms in total. The van der Waals surface area contributed by atoms with Crippen LogP contribution in [0.5, 0.6) is 5.75 Å². The number of aromatic hydroxyl groups is 1. The van der Waals surface area contributed by atoms with Crippen molar-refractivity contribution in [3.8, 4) is 5.75 Å². The highest BCUT2D eigenvalue weighted by Gasteiger charge is 2.28. The standard InChI is InChI=1S/C16H22O3.C14H14.C10H14O/c1-4-16(2,3)15(17)19-11-18-14-9-12-7-5-6-8-13(12)10-14;1-9-10(2)13-8-4-6-11-5-3-7-12(9)14(11)13;1-3-8(2)9-4-6-10(11)7-5-9/h5-8,14H,4,9-11H2,1-3H3;3-10H,1-2H3;4-8,11H,3H2,1-2H3. The molecule has 0 amide bonds. The van der Waals surface area contributed by atoms with Crippen molar-refractivity contribution in [2.24, 2.45) is 5.41 Å². The Labute approximate surface area is 264 Å². The molecular weight excluding hydrogens is 544 g/mol. The molecule has 4 heteroatoms. The van der Waals surface area contributed by atoms with E-state index in [0.29, 0.717) is 23.5 Å². The van der Waals surface area contributed by atoms with Gasteiger partial charge in [0, 0.05) is 0 Å². The molecule has 0 radical (unpaired) electrons. The zero-order chi connectivity index (χ0) is 31.9. The van der Waals surface area contributed by atoms with Gasteiger partial charge in [0.25, 0.3) is 0 Å². The van der Waals surface area contributed by atoms with Crippen LogP contribution in [0.25, 0.3) is 10.8 Å². The average molecular weight is 595 g/mol. The zero-order valence-electron chi connectivity index (χ0n) is 27.6. The second-order valence-electron chi connectivity index (χ2n) is 13.0. The molecule has 0 heterocycles. The third-order valence-electron chi connectivity index (χ3n) is 9.72. The van der Waals surface area contributed by atoms with E-state index in [1.54, 1.807) is 12.1 Å². The molecule has 6 rings (SSSR count). The van der Waals surface area contributed by atoms with Crippen LogP contribution in [0.2, 0.25) is 0 Å². The van der Waals surface area contributed by atoms with Crippen LogP contribution in [0.3, 0.4) is 0 Å². The van der Waals surface area contributed by atoms with Gasteiger partial charge in [0.1, 0.15) is 5.75 Å². The lowest BCUT2D eigenvalue weighted by atomic mass is 9.91. The average Bonchev–Trinajstić information content (AvgIpc) is 3.57. The van der Waals surface area contributed by atoms with Gasteiger partial charge < -0.3 is 14.6 Å². The highest BCUT2D eigenvalue weighted by Crippen LogP contribution is 2.45. The summed E-state index contributed by atoms with van der Waals surface area (Å²) in [6.45, 7) is 14.8. The summed E-state index contributed by atoms with van der Waals surface area (Å²) >= 11 is 0. The smallest absolute Gasteiger partial charge is 0.313 e. The lowest BCUT2D eigenvalue weighted by molar-refractivity contribution is -0.170. The van der Waals surface area contributed by atoms with Crippen LogP contribution in [0.4, 0.5) is 0 Å². The topological polar surface area (TPSA) is 55.8 Å². The zero-order valence-corrected chi connectivity index (χ0v) is 27.6. The number of hydrogen-bond donors (Lipinski definition) is 1. The lowest BCUT2D eigenvalue weighted by Crippen LogP contribution is -2.27. The summed E-state index contributed by atoms with van der Waals surface area (Å²) < 4.78 is 10.9. The minimum absolute atomic E-state index is 0.0565. The molecule has 0 fully saturated rings. The normalized spacial score (nSPS) is 17.6. The summed E-state index contributed by atoms with van der Waals surface area (Å²) in [6, 6.07) is 29.1. The van der Waals surface area contributed by atoms with E-state index in [4.69, 9.17) is 14.6 Å². The molecular formula is C40H50O4. The second kappa shape index (κ2) is 14.9. The first-order chi connectivity index (χ1) is 21.1. The first-order valence-electron chi connectivity index (χ1n) is 16.2. The highest BCUT2D eigenvalue weighted by atomic mass is 16.7. The number of esters is 1. The van der Waals surface area contributed by atoms with Crippen molar-refractivity contribution in [1.29, 1.82) is 0 Å². The minimum atomic E-state index is -0.429. The van der Waals surface area contributed by atoms with E-state index in [1.165, 1.54) is 38.6 Å². The fourth-order valence-corrected chi connectivity index (χ4v) is 5.90. The van der Waals surface area contributed by atoms with Gasteiger partial charge in [-0.25, -0.2) is 0 Å². The van der Waals surface area contributed by atoms with E-state index in [1.807, 2.05) is 45.0 Å². The van der Waals surface area contributed by atoms with Crippen LogP contribution in [0.15, 0.2) is 84.9 Å². The Morgan fingerprint density at radius 3 is 1.89 bits per heavy atom. The van der Waals surface area contributed by atoms with Crippen molar-refractivity contribution in [3.63, 3.8) is 0 Å². The van der Waals surface area contributed by atoms with Gasteiger partial charge in [0.05, 0.1) is 11.5 Å². The van der Waals surface area contributed by atoms with Crippen LogP contribution >= 0.6 is 0 Å². The lowest BCUT2D eigenvalue weighted by Gasteiger charge is -2.21. The Hall–Kier alpha value is -3.63. The van der Waals surface area contributed by atoms with Crippen molar-refractivity contribution < 1.29 is 19.4 Å². The van der Waals surface area contributed by atoms with E-state index >= 15 is 0 Å². The van der Waals surface area contributed by atoms with E-state index in [-0.39, 0.29) is 18.9 Å². The molecule has 3 unspecified atom stereocenters. The molecule has 0 saturated carbocycles. The Morgan fingerprint density at radius 2 is 1.39 bits per heavy atom. The van der Waals surface area contributed by atoms with Gasteiger partial charge in [0.15, 0.2) is 6.79 Å². The fourth-order valence-electron chi connectivity index (χ4n) is 5.90. The second-order valence-corrected chi connectivity index (χ2v) is 13.0. The molecule has 0 bridgehead atoms. The van der Waals surface area contributed by atoms with Crippen LogP contribution in [-0.2, 0) is 27.1 Å². The maximum absolute atomic E-state index is 11.8. The molecule has 2 aliphatic rings. The number of phenolic OH excluding ortho intramolecular Hbond substituents is 1. The van der Waals surface area contributed by atoms with Gasteiger partial charge in [-0.1, -0.05) is 107 Å². The van der Waals surface area contributed by atoms with Crippen LogP contribution in [-0.4, -0.2) is 24.0 Å². The van der Waals surface area contributed by atoms with Gasteiger partial charge in [0.2, 0.25) is 0 Å². The Balaban J connectivity index is 0.000000157. The Morgan fingerprint density at radius 1 is 0.841 bits per heavy atom. The van der Waals surface area contributed by atoms with Crippen LogP contribution in [0, 0.1) is 5.41 Å². The predicted molar refractivity (Wildman–Crippen MR) is 181 cm³/mol. The minimum Gasteiger partial charge on any atom is -0.508 e. The number of carbonyl (C=O) groups is 1. The summed E-state index contributed by atoms with van der Waals surface area (Å²) in [7, 11) is 0. The van der Waals surface area contributed by atoms with Gasteiger partial charge in [-0.2, -0.15) is 0 Å². The maximum Gasteiger partial charge on any atom is 0.313 e. The summed E-state index contributed by atoms with van der Waals surface area (Å²) in [5, 5.41) is 11.9. The third-order valence-corrected chi connectivity index (χ3v) is 9.72. The Bertz CT molecular complexity index is 1450. The number of benzene rings is 4. The summed E-state index contributed by atoms with van der Waals surface area (Å²) in [5.74, 6) is 2.10. The number of fused-ring (bicyclic) bond motifs is 1. The first-order valence-corrected chi connectivity index (χ1v) is 16.2.